The molecule has 0 spiro atoms. The summed E-state index contributed by atoms with van der Waals surface area (Å²) in [6.07, 6.45) is 3.14. The number of methoxy groups -OCH3 is 1. The van der Waals surface area contributed by atoms with Gasteiger partial charge in [-0.25, -0.2) is 0 Å². The minimum atomic E-state index is 0.00948. The molecular formula is C14H18N4O2S. The van der Waals surface area contributed by atoms with Gasteiger partial charge in [0.15, 0.2) is 5.01 Å². The monoisotopic (exact) mass is 306 g/mol. The van der Waals surface area contributed by atoms with Crippen molar-refractivity contribution in [1.29, 1.82) is 0 Å². The van der Waals surface area contributed by atoms with E-state index >= 15 is 0 Å². The van der Waals surface area contributed by atoms with E-state index in [0.29, 0.717) is 28.9 Å². The Morgan fingerprint density at radius 1 is 1.43 bits per heavy atom. The molecule has 3 rings (SSSR count). The summed E-state index contributed by atoms with van der Waals surface area (Å²) in [6.45, 7) is 1.28. The topological polar surface area (TPSA) is 69.0 Å². The summed E-state index contributed by atoms with van der Waals surface area (Å²) in [5, 5.41) is 12.7. The molecule has 2 aromatic rings. The van der Waals surface area contributed by atoms with E-state index in [-0.39, 0.29) is 5.56 Å². The van der Waals surface area contributed by atoms with Crippen LogP contribution in [0.5, 0.6) is 0 Å². The summed E-state index contributed by atoms with van der Waals surface area (Å²) < 4.78 is 6.74. The van der Waals surface area contributed by atoms with Crippen LogP contribution in [-0.2, 0) is 24.6 Å². The van der Waals surface area contributed by atoms with Crippen molar-refractivity contribution in [1.82, 2.24) is 14.8 Å². The number of hydrogen-bond acceptors (Lipinski definition) is 6. The second-order valence-corrected chi connectivity index (χ2v) is 6.06. The van der Waals surface area contributed by atoms with E-state index in [0.717, 1.165) is 25.0 Å². The molecule has 0 amide bonds. The van der Waals surface area contributed by atoms with E-state index in [4.69, 9.17) is 4.74 Å². The molecule has 0 aromatic carbocycles. The van der Waals surface area contributed by atoms with E-state index in [9.17, 15) is 4.79 Å². The van der Waals surface area contributed by atoms with Crippen LogP contribution in [-0.4, -0.2) is 35.0 Å². The molecule has 0 radical (unpaired) electrons. The maximum absolute atomic E-state index is 12.5. The Labute approximate surface area is 126 Å². The van der Waals surface area contributed by atoms with Crippen LogP contribution in [0.2, 0.25) is 0 Å². The van der Waals surface area contributed by atoms with Gasteiger partial charge in [0.25, 0.3) is 5.56 Å². The molecule has 1 aliphatic carbocycles. The van der Waals surface area contributed by atoms with Crippen molar-refractivity contribution in [2.24, 2.45) is 7.05 Å². The van der Waals surface area contributed by atoms with Gasteiger partial charge in [-0.05, 0) is 30.9 Å². The Balaban J connectivity index is 1.91. The van der Waals surface area contributed by atoms with Crippen molar-refractivity contribution in [3.63, 3.8) is 0 Å². The lowest BCUT2D eigenvalue weighted by Crippen LogP contribution is -2.22. The first kappa shape index (κ1) is 14.2. The molecule has 0 saturated heterocycles. The summed E-state index contributed by atoms with van der Waals surface area (Å²) in [6, 6.07) is 1.99. The highest BCUT2D eigenvalue weighted by Gasteiger charge is 2.19. The summed E-state index contributed by atoms with van der Waals surface area (Å²) in [5.41, 5.74) is 3.08. The predicted molar refractivity (Wildman–Crippen MR) is 83.0 cm³/mol. The molecule has 6 nitrogen and oxygen atoms in total. The van der Waals surface area contributed by atoms with E-state index in [1.54, 1.807) is 11.7 Å². The summed E-state index contributed by atoms with van der Waals surface area (Å²) in [4.78, 5) is 12.5. The molecule has 0 fully saturated rings. The minimum absolute atomic E-state index is 0.00948. The quantitative estimate of drug-likeness (QED) is 0.847. The standard InChI is InChI=1S/C14H18N4O2S/c1-18-11-5-3-4-9(11)8-10(13(18)19)12-16-17-14(21-12)15-6-7-20-2/h8H,3-7H2,1-2H3,(H,15,17). The summed E-state index contributed by atoms with van der Waals surface area (Å²) >= 11 is 1.40. The zero-order chi connectivity index (χ0) is 14.8. The molecule has 0 bridgehead atoms. The third-order valence-electron chi connectivity index (χ3n) is 3.73. The van der Waals surface area contributed by atoms with Gasteiger partial charge in [0.1, 0.15) is 0 Å². The molecule has 0 saturated carbocycles. The molecule has 2 heterocycles. The van der Waals surface area contributed by atoms with Crippen molar-refractivity contribution in [2.45, 2.75) is 19.3 Å². The van der Waals surface area contributed by atoms with E-state index in [1.165, 1.54) is 16.9 Å². The number of aryl methyl sites for hydroxylation is 1. The zero-order valence-electron chi connectivity index (χ0n) is 12.2. The van der Waals surface area contributed by atoms with Gasteiger partial charge in [0.05, 0.1) is 12.2 Å². The van der Waals surface area contributed by atoms with E-state index < -0.39 is 0 Å². The molecule has 1 aliphatic rings. The Morgan fingerprint density at radius 2 is 2.29 bits per heavy atom. The maximum atomic E-state index is 12.5. The molecule has 0 aliphatic heterocycles. The fourth-order valence-electron chi connectivity index (χ4n) is 2.65. The average Bonchev–Trinajstić information content (AvgIpc) is 3.12. The van der Waals surface area contributed by atoms with Crippen LogP contribution < -0.4 is 10.9 Å². The number of nitrogens with zero attached hydrogens (tertiary/aromatic N) is 3. The summed E-state index contributed by atoms with van der Waals surface area (Å²) in [5.74, 6) is 0. The van der Waals surface area contributed by atoms with E-state index in [2.05, 4.69) is 15.5 Å². The van der Waals surface area contributed by atoms with Crippen molar-refractivity contribution in [3.8, 4) is 10.6 Å². The Morgan fingerprint density at radius 3 is 3.10 bits per heavy atom. The average molecular weight is 306 g/mol. The van der Waals surface area contributed by atoms with Crippen molar-refractivity contribution in [3.05, 3.63) is 27.7 Å². The fraction of sp³-hybridized carbons (Fsp3) is 0.500. The van der Waals surface area contributed by atoms with Crippen molar-refractivity contribution < 1.29 is 4.74 Å². The molecular weight excluding hydrogens is 288 g/mol. The summed E-state index contributed by atoms with van der Waals surface area (Å²) in [7, 11) is 3.50. The maximum Gasteiger partial charge on any atom is 0.260 e. The second-order valence-electron chi connectivity index (χ2n) is 5.08. The van der Waals surface area contributed by atoms with Crippen LogP contribution in [0.1, 0.15) is 17.7 Å². The van der Waals surface area contributed by atoms with Crippen LogP contribution in [0.3, 0.4) is 0 Å². The van der Waals surface area contributed by atoms with Gasteiger partial charge < -0.3 is 14.6 Å². The minimum Gasteiger partial charge on any atom is -0.383 e. The highest BCUT2D eigenvalue weighted by atomic mass is 32.1. The zero-order valence-corrected chi connectivity index (χ0v) is 13.0. The van der Waals surface area contributed by atoms with Gasteiger partial charge in [0.2, 0.25) is 5.13 Å². The largest absolute Gasteiger partial charge is 0.383 e. The van der Waals surface area contributed by atoms with Crippen LogP contribution in [0.15, 0.2) is 10.9 Å². The molecule has 0 unspecified atom stereocenters. The van der Waals surface area contributed by atoms with Crippen LogP contribution in [0.4, 0.5) is 5.13 Å². The van der Waals surface area contributed by atoms with Crippen molar-refractivity contribution in [2.75, 3.05) is 25.6 Å². The highest BCUT2D eigenvalue weighted by Crippen LogP contribution is 2.28. The number of fused-ring (bicyclic) bond motifs is 1. The Bertz CT molecular complexity index is 707. The SMILES string of the molecule is COCCNc1nnc(-c2cc3c(n(C)c2=O)CCC3)s1. The number of ether oxygens (including phenoxy) is 1. The molecule has 21 heavy (non-hydrogen) atoms. The normalized spacial score (nSPS) is 13.4. The Kier molecular flexibility index (Phi) is 4.03. The molecule has 7 heteroatoms. The van der Waals surface area contributed by atoms with Gasteiger partial charge >= 0.3 is 0 Å². The third kappa shape index (κ3) is 2.71. The predicted octanol–water partition coefficient (Wildman–Crippen LogP) is 1.45. The van der Waals surface area contributed by atoms with Crippen LogP contribution in [0.25, 0.3) is 10.6 Å². The molecule has 1 N–H and O–H groups in total. The first-order valence-corrected chi connectivity index (χ1v) is 7.81. The van der Waals surface area contributed by atoms with Gasteiger partial charge in [-0.1, -0.05) is 11.3 Å². The smallest absolute Gasteiger partial charge is 0.260 e. The van der Waals surface area contributed by atoms with Gasteiger partial charge in [0, 0.05) is 26.4 Å². The lowest BCUT2D eigenvalue weighted by Gasteiger charge is -2.08. The first-order chi connectivity index (χ1) is 10.2. The van der Waals surface area contributed by atoms with Crippen LogP contribution >= 0.6 is 11.3 Å². The molecule has 0 atom stereocenters. The van der Waals surface area contributed by atoms with Crippen molar-refractivity contribution >= 4 is 16.5 Å². The molecule has 2 aromatic heterocycles. The van der Waals surface area contributed by atoms with Gasteiger partial charge in [-0.15, -0.1) is 10.2 Å². The highest BCUT2D eigenvalue weighted by molar-refractivity contribution is 7.18. The number of anilines is 1. The molecule has 112 valence electrons. The fourth-order valence-corrected chi connectivity index (χ4v) is 3.42. The van der Waals surface area contributed by atoms with Gasteiger partial charge in [-0.3, -0.25) is 4.79 Å². The first-order valence-electron chi connectivity index (χ1n) is 6.99. The lowest BCUT2D eigenvalue weighted by atomic mass is 10.1. The third-order valence-corrected chi connectivity index (χ3v) is 4.64. The Hall–Kier alpha value is -1.73. The number of nitrogens with one attached hydrogen (secondary N) is 1. The number of pyridine rings is 1. The van der Waals surface area contributed by atoms with E-state index in [1.807, 2.05) is 13.1 Å². The number of aromatic nitrogens is 3. The van der Waals surface area contributed by atoms with Gasteiger partial charge in [-0.2, -0.15) is 0 Å². The number of hydrogen-bond donors (Lipinski definition) is 1. The number of rotatable bonds is 5. The van der Waals surface area contributed by atoms with Crippen LogP contribution in [0, 0.1) is 0 Å². The lowest BCUT2D eigenvalue weighted by molar-refractivity contribution is 0.211. The second kappa shape index (κ2) is 5.95.